The molecule has 0 atom stereocenters. The zero-order valence-electron chi connectivity index (χ0n) is 13.5. The number of carboxylic acids is 1. The van der Waals surface area contributed by atoms with Crippen molar-refractivity contribution in [3.63, 3.8) is 0 Å². The Kier molecular flexibility index (Phi) is 3.52. The molecule has 2 aromatic heterocycles. The predicted octanol–water partition coefficient (Wildman–Crippen LogP) is 1.49. The van der Waals surface area contributed by atoms with Crippen LogP contribution in [0.15, 0.2) is 42.9 Å². The summed E-state index contributed by atoms with van der Waals surface area (Å²) in [7, 11) is 0. The summed E-state index contributed by atoms with van der Waals surface area (Å²) < 4.78 is 1.80. The second-order valence-electron chi connectivity index (χ2n) is 6.20. The maximum atomic E-state index is 12.2. The van der Waals surface area contributed by atoms with Gasteiger partial charge in [0.1, 0.15) is 11.4 Å². The van der Waals surface area contributed by atoms with Crippen molar-refractivity contribution in [3.8, 4) is 0 Å². The molecule has 3 N–H and O–H groups in total. The lowest BCUT2D eigenvalue weighted by Gasteiger charge is -2.40. The minimum Gasteiger partial charge on any atom is -0.479 e. The number of para-hydroxylation sites is 2. The second kappa shape index (κ2) is 5.73. The Hall–Kier alpha value is -3.16. The number of benzene rings is 1. The van der Waals surface area contributed by atoms with Gasteiger partial charge in [-0.3, -0.25) is 0 Å². The fourth-order valence-electron chi connectivity index (χ4n) is 3.50. The molecule has 8 heteroatoms. The van der Waals surface area contributed by atoms with E-state index in [0.29, 0.717) is 25.9 Å². The minimum absolute atomic E-state index is 0.216. The number of nitrogen functional groups attached to an aromatic ring is 1. The lowest BCUT2D eigenvalue weighted by atomic mass is 9.87. The monoisotopic (exact) mass is 338 g/mol. The molecule has 3 heterocycles. The molecular weight excluding hydrogens is 320 g/mol. The molecule has 0 spiro atoms. The summed E-state index contributed by atoms with van der Waals surface area (Å²) >= 11 is 0. The summed E-state index contributed by atoms with van der Waals surface area (Å²) in [4.78, 5) is 26.7. The lowest BCUT2D eigenvalue weighted by Crippen LogP contribution is -2.51. The molecule has 4 rings (SSSR count). The summed E-state index contributed by atoms with van der Waals surface area (Å²) in [6.45, 7) is 1.13. The van der Waals surface area contributed by atoms with Crippen LogP contribution in [0, 0.1) is 0 Å². The summed E-state index contributed by atoms with van der Waals surface area (Å²) in [5, 5.41) is 10.0. The number of imidazole rings is 1. The average molecular weight is 338 g/mol. The number of aliphatic carboxylic acids is 1. The van der Waals surface area contributed by atoms with E-state index in [4.69, 9.17) is 5.73 Å². The summed E-state index contributed by atoms with van der Waals surface area (Å²) in [6.07, 6.45) is 4.15. The van der Waals surface area contributed by atoms with Crippen LogP contribution in [0.2, 0.25) is 0 Å². The molecule has 0 aliphatic carbocycles. The number of hydrogen-bond acceptors (Lipinski definition) is 6. The lowest BCUT2D eigenvalue weighted by molar-refractivity contribution is -0.148. The predicted molar refractivity (Wildman–Crippen MR) is 93.2 cm³/mol. The Morgan fingerprint density at radius 3 is 2.64 bits per heavy atom. The highest BCUT2D eigenvalue weighted by molar-refractivity contribution is 5.82. The smallest absolute Gasteiger partial charge is 0.330 e. The van der Waals surface area contributed by atoms with Gasteiger partial charge in [-0.1, -0.05) is 12.1 Å². The number of carbonyl (C=O) groups is 1. The Morgan fingerprint density at radius 2 is 1.92 bits per heavy atom. The summed E-state index contributed by atoms with van der Waals surface area (Å²) in [5.41, 5.74) is 6.28. The van der Waals surface area contributed by atoms with Crippen LogP contribution in [0.25, 0.3) is 11.0 Å². The number of carboxylic acid groups (broad SMARTS) is 1. The molecule has 0 saturated carbocycles. The molecule has 25 heavy (non-hydrogen) atoms. The molecule has 1 saturated heterocycles. The Bertz CT molecular complexity index is 930. The van der Waals surface area contributed by atoms with Crippen molar-refractivity contribution in [3.05, 3.63) is 42.9 Å². The molecule has 1 fully saturated rings. The number of piperidine rings is 1. The van der Waals surface area contributed by atoms with Crippen LogP contribution in [-0.2, 0) is 10.3 Å². The third-order valence-electron chi connectivity index (χ3n) is 4.89. The van der Waals surface area contributed by atoms with Crippen molar-refractivity contribution in [2.24, 2.45) is 0 Å². The highest BCUT2D eigenvalue weighted by Gasteiger charge is 2.44. The van der Waals surface area contributed by atoms with Crippen LogP contribution in [0.5, 0.6) is 0 Å². The number of aromatic nitrogens is 4. The van der Waals surface area contributed by atoms with Crippen molar-refractivity contribution in [1.82, 2.24) is 19.5 Å². The standard InChI is InChI=1S/C17H18N6O2/c18-16-19-8-5-14(21-16)22-9-6-17(7-10-22,15(24)25)23-11-20-12-3-1-2-4-13(12)23/h1-5,8,11H,6-7,9-10H2,(H,24,25)(H2,18,19,21). The first kappa shape index (κ1) is 15.4. The number of hydrogen-bond donors (Lipinski definition) is 2. The van der Waals surface area contributed by atoms with Gasteiger partial charge in [0.15, 0.2) is 0 Å². The van der Waals surface area contributed by atoms with Crippen molar-refractivity contribution in [2.45, 2.75) is 18.4 Å². The number of rotatable bonds is 3. The quantitative estimate of drug-likeness (QED) is 0.744. The van der Waals surface area contributed by atoms with Crippen molar-refractivity contribution < 1.29 is 9.90 Å². The molecule has 3 aromatic rings. The van der Waals surface area contributed by atoms with Gasteiger partial charge in [0, 0.05) is 19.3 Å². The highest BCUT2D eigenvalue weighted by Crippen LogP contribution is 2.34. The third kappa shape index (κ3) is 2.46. The maximum Gasteiger partial charge on any atom is 0.330 e. The van der Waals surface area contributed by atoms with Crippen molar-refractivity contribution in [1.29, 1.82) is 0 Å². The highest BCUT2D eigenvalue weighted by atomic mass is 16.4. The van der Waals surface area contributed by atoms with Crippen molar-refractivity contribution >= 4 is 28.8 Å². The second-order valence-corrected chi connectivity index (χ2v) is 6.20. The summed E-state index contributed by atoms with van der Waals surface area (Å²) in [6, 6.07) is 9.38. The topological polar surface area (TPSA) is 110 Å². The van der Waals surface area contributed by atoms with Crippen LogP contribution in [0.1, 0.15) is 12.8 Å². The van der Waals surface area contributed by atoms with Gasteiger partial charge in [0.25, 0.3) is 0 Å². The largest absolute Gasteiger partial charge is 0.479 e. The minimum atomic E-state index is -1.01. The normalized spacial score (nSPS) is 16.9. The Morgan fingerprint density at radius 1 is 1.16 bits per heavy atom. The van der Waals surface area contributed by atoms with E-state index in [0.717, 1.165) is 16.9 Å². The molecule has 128 valence electrons. The van der Waals surface area contributed by atoms with Crippen molar-refractivity contribution in [2.75, 3.05) is 23.7 Å². The number of fused-ring (bicyclic) bond motifs is 1. The van der Waals surface area contributed by atoms with Gasteiger partial charge in [0.2, 0.25) is 5.95 Å². The van der Waals surface area contributed by atoms with Gasteiger partial charge >= 0.3 is 5.97 Å². The van der Waals surface area contributed by atoms with Crippen LogP contribution in [-0.4, -0.2) is 43.7 Å². The number of nitrogens with two attached hydrogens (primary N) is 1. The molecule has 1 aliphatic heterocycles. The van der Waals surface area contributed by atoms with E-state index in [2.05, 4.69) is 15.0 Å². The Labute approximate surface area is 143 Å². The zero-order valence-corrected chi connectivity index (χ0v) is 13.5. The number of nitrogens with zero attached hydrogens (tertiary/aromatic N) is 5. The van der Waals surface area contributed by atoms with E-state index in [1.807, 2.05) is 29.2 Å². The molecule has 0 unspecified atom stereocenters. The van der Waals surface area contributed by atoms with E-state index in [9.17, 15) is 9.90 Å². The van der Waals surface area contributed by atoms with Crippen LogP contribution in [0.4, 0.5) is 11.8 Å². The first-order chi connectivity index (χ1) is 12.1. The molecule has 1 aliphatic rings. The molecule has 0 amide bonds. The van der Waals surface area contributed by atoms with Gasteiger partial charge in [-0.25, -0.2) is 14.8 Å². The van der Waals surface area contributed by atoms with E-state index < -0.39 is 11.5 Å². The van der Waals surface area contributed by atoms with Gasteiger partial charge in [-0.15, -0.1) is 0 Å². The Balaban J connectivity index is 1.67. The first-order valence-corrected chi connectivity index (χ1v) is 8.10. The maximum absolute atomic E-state index is 12.2. The molecule has 1 aromatic carbocycles. The first-order valence-electron chi connectivity index (χ1n) is 8.10. The summed E-state index contributed by atoms with van der Waals surface area (Å²) in [5.74, 6) is 0.104. The van der Waals surface area contributed by atoms with Gasteiger partial charge in [-0.05, 0) is 31.0 Å². The number of anilines is 2. The van der Waals surface area contributed by atoms with Gasteiger partial charge in [-0.2, -0.15) is 4.98 Å². The fraction of sp³-hybridized carbons (Fsp3) is 0.294. The average Bonchev–Trinajstić information content (AvgIpc) is 3.06. The zero-order chi connectivity index (χ0) is 17.4. The SMILES string of the molecule is Nc1nccc(N2CCC(C(=O)O)(n3cnc4ccccc43)CC2)n1. The molecular formula is C17H18N6O2. The molecule has 0 bridgehead atoms. The van der Waals surface area contributed by atoms with Gasteiger partial charge < -0.3 is 20.3 Å². The fourth-order valence-corrected chi connectivity index (χ4v) is 3.50. The van der Waals surface area contributed by atoms with Gasteiger partial charge in [0.05, 0.1) is 17.4 Å². The van der Waals surface area contributed by atoms with E-state index in [-0.39, 0.29) is 5.95 Å². The molecule has 8 nitrogen and oxygen atoms in total. The van der Waals surface area contributed by atoms with E-state index >= 15 is 0 Å². The van der Waals surface area contributed by atoms with E-state index in [1.54, 1.807) is 23.2 Å². The van der Waals surface area contributed by atoms with Crippen LogP contribution < -0.4 is 10.6 Å². The third-order valence-corrected chi connectivity index (χ3v) is 4.89. The van der Waals surface area contributed by atoms with Crippen LogP contribution in [0.3, 0.4) is 0 Å². The molecule has 0 radical (unpaired) electrons. The van der Waals surface area contributed by atoms with Crippen LogP contribution >= 0.6 is 0 Å². The van der Waals surface area contributed by atoms with E-state index in [1.165, 1.54) is 0 Å².